The van der Waals surface area contributed by atoms with Gasteiger partial charge < -0.3 is 9.84 Å². The fourth-order valence-corrected chi connectivity index (χ4v) is 4.69. The van der Waals surface area contributed by atoms with Gasteiger partial charge in [-0.3, -0.25) is 4.57 Å². The van der Waals surface area contributed by atoms with Crippen molar-refractivity contribution in [3.8, 4) is 10.7 Å². The summed E-state index contributed by atoms with van der Waals surface area (Å²) in [7, 11) is 0. The van der Waals surface area contributed by atoms with Crippen molar-refractivity contribution < 1.29 is 9.84 Å². The molecule has 160 valence electrons. The minimum atomic E-state index is -0.607. The zero-order chi connectivity index (χ0) is 21.5. The van der Waals surface area contributed by atoms with Gasteiger partial charge in [-0.25, -0.2) is 0 Å². The molecule has 0 radical (unpaired) electrons. The van der Waals surface area contributed by atoms with Gasteiger partial charge in [0.25, 0.3) is 0 Å². The van der Waals surface area contributed by atoms with Gasteiger partial charge in [-0.05, 0) is 34.7 Å². The summed E-state index contributed by atoms with van der Waals surface area (Å²) in [5.41, 5.74) is 2.20. The summed E-state index contributed by atoms with van der Waals surface area (Å²) >= 11 is 9.02. The number of aliphatic hydroxyl groups excluding tert-OH is 1. The average molecular weight is 472 g/mol. The number of rotatable bonds is 10. The second-order valence-electron chi connectivity index (χ2n) is 6.96. The Hall–Kier alpha value is -2.16. The fraction of sp³-hybridized carbons (Fsp3) is 0.217. The molecule has 2 heterocycles. The van der Waals surface area contributed by atoms with Crippen molar-refractivity contribution in [2.45, 2.75) is 24.4 Å². The highest BCUT2D eigenvalue weighted by Crippen LogP contribution is 2.28. The van der Waals surface area contributed by atoms with Gasteiger partial charge in [0.15, 0.2) is 11.0 Å². The summed E-state index contributed by atoms with van der Waals surface area (Å²) in [5.74, 6) is 1.31. The van der Waals surface area contributed by atoms with Crippen LogP contribution in [0.3, 0.4) is 0 Å². The molecule has 4 rings (SSSR count). The van der Waals surface area contributed by atoms with E-state index in [1.807, 2.05) is 60.0 Å². The van der Waals surface area contributed by atoms with Crippen LogP contribution in [0.2, 0.25) is 5.02 Å². The second-order valence-corrected chi connectivity index (χ2v) is 9.33. The summed E-state index contributed by atoms with van der Waals surface area (Å²) in [4.78, 5) is 1.07. The molecule has 0 bridgehead atoms. The predicted octanol–water partition coefficient (Wildman–Crippen LogP) is 5.38. The van der Waals surface area contributed by atoms with E-state index in [0.717, 1.165) is 21.4 Å². The molecule has 5 nitrogen and oxygen atoms in total. The minimum absolute atomic E-state index is 0.250. The van der Waals surface area contributed by atoms with E-state index in [1.54, 1.807) is 11.3 Å². The molecule has 8 heteroatoms. The van der Waals surface area contributed by atoms with Crippen LogP contribution >= 0.6 is 34.7 Å². The van der Waals surface area contributed by atoms with Gasteiger partial charge in [0.05, 0.1) is 30.7 Å². The minimum Gasteiger partial charge on any atom is -0.390 e. The van der Waals surface area contributed by atoms with E-state index in [-0.39, 0.29) is 6.61 Å². The van der Waals surface area contributed by atoms with Crippen molar-refractivity contribution in [1.82, 2.24) is 14.8 Å². The first-order valence-electron chi connectivity index (χ1n) is 9.83. The smallest absolute Gasteiger partial charge is 0.191 e. The van der Waals surface area contributed by atoms with Gasteiger partial charge in [0.2, 0.25) is 0 Å². The molecule has 1 atom stereocenters. The highest BCUT2D eigenvalue weighted by Gasteiger charge is 2.17. The van der Waals surface area contributed by atoms with Crippen molar-refractivity contribution in [3.63, 3.8) is 0 Å². The van der Waals surface area contributed by atoms with Gasteiger partial charge in [0, 0.05) is 10.8 Å². The Morgan fingerprint density at radius 1 is 1.00 bits per heavy atom. The van der Waals surface area contributed by atoms with Crippen LogP contribution in [0.4, 0.5) is 0 Å². The van der Waals surface area contributed by atoms with Crippen LogP contribution in [0.5, 0.6) is 0 Å². The molecular weight excluding hydrogens is 450 g/mol. The lowest BCUT2D eigenvalue weighted by molar-refractivity contribution is 0.0397. The molecule has 0 fully saturated rings. The maximum atomic E-state index is 10.4. The van der Waals surface area contributed by atoms with E-state index >= 15 is 0 Å². The van der Waals surface area contributed by atoms with E-state index < -0.39 is 6.10 Å². The number of aliphatic hydroxyl groups is 1. The van der Waals surface area contributed by atoms with E-state index in [0.29, 0.717) is 23.9 Å². The molecule has 0 saturated heterocycles. The number of thiophene rings is 1. The summed E-state index contributed by atoms with van der Waals surface area (Å²) < 4.78 is 7.76. The van der Waals surface area contributed by atoms with Gasteiger partial charge in [-0.15, -0.1) is 21.5 Å². The Bertz CT molecular complexity index is 1070. The van der Waals surface area contributed by atoms with Crippen LogP contribution in [0.25, 0.3) is 10.7 Å². The zero-order valence-electron chi connectivity index (χ0n) is 16.7. The number of hydrogen-bond donors (Lipinski definition) is 1. The maximum absolute atomic E-state index is 10.4. The van der Waals surface area contributed by atoms with Crippen molar-refractivity contribution in [3.05, 3.63) is 88.3 Å². The first kappa shape index (κ1) is 22.0. The van der Waals surface area contributed by atoms with Crippen molar-refractivity contribution in [2.75, 3.05) is 12.4 Å². The molecule has 4 aromatic rings. The van der Waals surface area contributed by atoms with E-state index in [2.05, 4.69) is 26.9 Å². The highest BCUT2D eigenvalue weighted by molar-refractivity contribution is 7.99. The fourth-order valence-electron chi connectivity index (χ4n) is 3.00. The molecule has 1 N–H and O–H groups in total. The van der Waals surface area contributed by atoms with E-state index in [9.17, 15) is 5.11 Å². The predicted molar refractivity (Wildman–Crippen MR) is 127 cm³/mol. The summed E-state index contributed by atoms with van der Waals surface area (Å²) in [5, 5.41) is 22.7. The Kier molecular flexibility index (Phi) is 7.77. The van der Waals surface area contributed by atoms with Gasteiger partial charge in [0.1, 0.15) is 0 Å². The van der Waals surface area contributed by atoms with Crippen LogP contribution in [-0.2, 0) is 17.9 Å². The monoisotopic (exact) mass is 471 g/mol. The van der Waals surface area contributed by atoms with Crippen molar-refractivity contribution in [1.29, 1.82) is 0 Å². The number of nitrogens with zero attached hydrogens (tertiary/aromatic N) is 3. The molecule has 2 aromatic heterocycles. The molecule has 2 aromatic carbocycles. The third-order valence-electron chi connectivity index (χ3n) is 4.54. The molecule has 0 amide bonds. The summed E-state index contributed by atoms with van der Waals surface area (Å²) in [6.07, 6.45) is -0.607. The normalized spacial score (nSPS) is 12.2. The first-order valence-corrected chi connectivity index (χ1v) is 12.1. The molecule has 0 aliphatic rings. The zero-order valence-corrected chi connectivity index (χ0v) is 19.1. The quantitative estimate of drug-likeness (QED) is 0.315. The van der Waals surface area contributed by atoms with Crippen LogP contribution < -0.4 is 0 Å². The van der Waals surface area contributed by atoms with Crippen LogP contribution in [0, 0.1) is 0 Å². The molecule has 0 unspecified atom stereocenters. The third-order valence-corrected chi connectivity index (χ3v) is 6.77. The summed E-state index contributed by atoms with van der Waals surface area (Å²) in [6, 6.07) is 21.8. The molecule has 0 aliphatic carbocycles. The largest absolute Gasteiger partial charge is 0.390 e. The number of aromatic nitrogens is 3. The van der Waals surface area contributed by atoms with E-state index in [4.69, 9.17) is 16.3 Å². The van der Waals surface area contributed by atoms with Gasteiger partial charge >= 0.3 is 0 Å². The lowest BCUT2D eigenvalue weighted by Crippen LogP contribution is -2.18. The highest BCUT2D eigenvalue weighted by atomic mass is 35.5. The Morgan fingerprint density at radius 2 is 1.81 bits per heavy atom. The Balaban J connectivity index is 1.37. The number of hydrogen-bond acceptors (Lipinski definition) is 6. The molecule has 0 aliphatic heterocycles. The van der Waals surface area contributed by atoms with Gasteiger partial charge in [-0.1, -0.05) is 71.9 Å². The number of thioether (sulfide) groups is 1. The lowest BCUT2D eigenvalue weighted by Gasteiger charge is -2.13. The van der Waals surface area contributed by atoms with E-state index in [1.165, 1.54) is 17.3 Å². The standard InChI is InChI=1S/C23H22ClN3O2S2/c24-19-10-8-18(9-11-19)14-29-15-20(28)16-31-23-26-25-22(21-7-4-12-30-21)27(23)13-17-5-2-1-3-6-17/h1-12,20,28H,13-16H2/t20-/m0/s1. The van der Waals surface area contributed by atoms with Crippen LogP contribution in [0.1, 0.15) is 11.1 Å². The number of ether oxygens (including phenoxy) is 1. The Labute approximate surface area is 194 Å². The molecule has 0 saturated carbocycles. The number of benzene rings is 2. The van der Waals surface area contributed by atoms with Crippen molar-refractivity contribution in [2.24, 2.45) is 0 Å². The third kappa shape index (κ3) is 6.18. The second kappa shape index (κ2) is 10.9. The average Bonchev–Trinajstić information content (AvgIpc) is 3.44. The Morgan fingerprint density at radius 3 is 2.55 bits per heavy atom. The molecule has 0 spiro atoms. The SMILES string of the molecule is O[C@@H](COCc1ccc(Cl)cc1)CSc1nnc(-c2cccs2)n1Cc1ccccc1. The van der Waals surface area contributed by atoms with Crippen LogP contribution in [0.15, 0.2) is 77.3 Å². The topological polar surface area (TPSA) is 60.2 Å². The molecular formula is C23H22ClN3O2S2. The van der Waals surface area contributed by atoms with Gasteiger partial charge in [-0.2, -0.15) is 0 Å². The van der Waals surface area contributed by atoms with Crippen molar-refractivity contribution >= 4 is 34.7 Å². The lowest BCUT2D eigenvalue weighted by atomic mass is 10.2. The number of halogens is 1. The summed E-state index contributed by atoms with van der Waals surface area (Å²) in [6.45, 7) is 1.36. The molecule has 31 heavy (non-hydrogen) atoms. The first-order chi connectivity index (χ1) is 15.2. The van der Waals surface area contributed by atoms with Crippen LogP contribution in [-0.4, -0.2) is 38.3 Å². The maximum Gasteiger partial charge on any atom is 0.191 e.